The summed E-state index contributed by atoms with van der Waals surface area (Å²) in [4.78, 5) is 0. The molecule has 0 amide bonds. The summed E-state index contributed by atoms with van der Waals surface area (Å²) in [6.07, 6.45) is 8.07. The Labute approximate surface area is 124 Å². The van der Waals surface area contributed by atoms with Gasteiger partial charge in [0.05, 0.1) is 0 Å². The lowest BCUT2D eigenvalue weighted by Gasteiger charge is -2.22. The van der Waals surface area contributed by atoms with Gasteiger partial charge in [-0.1, -0.05) is 39.5 Å². The maximum atomic E-state index is 8.69. The van der Waals surface area contributed by atoms with Crippen LogP contribution in [0, 0.1) is 5.92 Å². The van der Waals surface area contributed by atoms with E-state index in [4.69, 9.17) is 19.7 Å². The van der Waals surface area contributed by atoms with Gasteiger partial charge in [-0.15, -0.1) is 0 Å². The monoisotopic (exact) mass is 290 g/mol. The number of aliphatic hydroxyl groups excluding tert-OH is 2. The number of unbranched alkanes of at least 4 members (excludes halogenated alkanes) is 6. The van der Waals surface area contributed by atoms with E-state index in [0.29, 0.717) is 5.92 Å². The molecule has 0 saturated carbocycles. The Balaban J connectivity index is 3.51. The molecule has 0 saturated heterocycles. The van der Waals surface area contributed by atoms with Crippen LogP contribution in [-0.2, 0) is 9.47 Å². The van der Waals surface area contributed by atoms with E-state index in [9.17, 15) is 0 Å². The van der Waals surface area contributed by atoms with E-state index in [1.165, 1.54) is 0 Å². The third kappa shape index (κ3) is 12.9. The summed E-state index contributed by atoms with van der Waals surface area (Å²) in [6.45, 7) is 6.27. The van der Waals surface area contributed by atoms with Crippen molar-refractivity contribution in [3.63, 3.8) is 0 Å². The van der Waals surface area contributed by atoms with E-state index < -0.39 is 0 Å². The van der Waals surface area contributed by atoms with Crippen LogP contribution < -0.4 is 0 Å². The fourth-order valence-electron chi connectivity index (χ4n) is 1.97. The quantitative estimate of drug-likeness (QED) is 0.359. The standard InChI is InChI=1S/C16H34O4/c1-15(2)16(19-13-9-5-3-7-11-17)20-14-10-6-4-8-12-18/h15-18H,3-14H2,1-2H3. The molecule has 0 aromatic carbocycles. The highest BCUT2D eigenvalue weighted by Gasteiger charge is 2.13. The second-order valence-electron chi connectivity index (χ2n) is 5.63. The Morgan fingerprint density at radius 3 is 1.40 bits per heavy atom. The molecule has 20 heavy (non-hydrogen) atoms. The summed E-state index contributed by atoms with van der Waals surface area (Å²) in [6, 6.07) is 0. The number of rotatable bonds is 15. The zero-order chi connectivity index (χ0) is 15.1. The van der Waals surface area contributed by atoms with Gasteiger partial charge in [0.15, 0.2) is 6.29 Å². The average molecular weight is 290 g/mol. The van der Waals surface area contributed by atoms with Crippen LogP contribution in [0.4, 0.5) is 0 Å². The molecule has 4 nitrogen and oxygen atoms in total. The number of hydrogen-bond acceptors (Lipinski definition) is 4. The summed E-state index contributed by atoms with van der Waals surface area (Å²) >= 11 is 0. The molecule has 0 fully saturated rings. The number of hydrogen-bond donors (Lipinski definition) is 2. The summed E-state index contributed by atoms with van der Waals surface area (Å²) < 4.78 is 11.6. The van der Waals surface area contributed by atoms with Crippen LogP contribution in [0.15, 0.2) is 0 Å². The van der Waals surface area contributed by atoms with E-state index in [0.717, 1.165) is 64.6 Å². The van der Waals surface area contributed by atoms with Crippen molar-refractivity contribution in [2.75, 3.05) is 26.4 Å². The molecule has 0 aliphatic heterocycles. The molecular formula is C16H34O4. The molecule has 0 aromatic rings. The van der Waals surface area contributed by atoms with Gasteiger partial charge in [0.2, 0.25) is 0 Å². The maximum Gasteiger partial charge on any atom is 0.159 e. The lowest BCUT2D eigenvalue weighted by molar-refractivity contribution is -0.167. The molecule has 0 aromatic heterocycles. The zero-order valence-corrected chi connectivity index (χ0v) is 13.4. The number of ether oxygens (including phenoxy) is 2. The van der Waals surface area contributed by atoms with Crippen LogP contribution in [0.2, 0.25) is 0 Å². The van der Waals surface area contributed by atoms with Gasteiger partial charge in [0.1, 0.15) is 0 Å². The Bertz CT molecular complexity index is 169. The van der Waals surface area contributed by atoms with Crippen molar-refractivity contribution in [2.24, 2.45) is 5.92 Å². The van der Waals surface area contributed by atoms with Gasteiger partial charge in [-0.25, -0.2) is 0 Å². The first-order chi connectivity index (χ1) is 9.72. The van der Waals surface area contributed by atoms with Crippen molar-refractivity contribution in [3.8, 4) is 0 Å². The van der Waals surface area contributed by atoms with Crippen molar-refractivity contribution < 1.29 is 19.7 Å². The van der Waals surface area contributed by atoms with Gasteiger partial charge in [-0.05, 0) is 25.7 Å². The Morgan fingerprint density at radius 2 is 1.05 bits per heavy atom. The van der Waals surface area contributed by atoms with E-state index in [2.05, 4.69) is 13.8 Å². The third-order valence-corrected chi connectivity index (χ3v) is 3.21. The fraction of sp³-hybridized carbons (Fsp3) is 1.00. The molecule has 0 atom stereocenters. The second-order valence-corrected chi connectivity index (χ2v) is 5.63. The van der Waals surface area contributed by atoms with Crippen molar-refractivity contribution in [2.45, 2.75) is 71.5 Å². The van der Waals surface area contributed by atoms with Gasteiger partial charge in [-0.3, -0.25) is 0 Å². The van der Waals surface area contributed by atoms with E-state index >= 15 is 0 Å². The molecule has 0 spiro atoms. The first kappa shape index (κ1) is 19.8. The predicted octanol–water partition coefficient (Wildman–Crippen LogP) is 3.11. The first-order valence-corrected chi connectivity index (χ1v) is 8.17. The molecule has 0 aliphatic carbocycles. The molecular weight excluding hydrogens is 256 g/mol. The minimum Gasteiger partial charge on any atom is -0.396 e. The van der Waals surface area contributed by atoms with Crippen LogP contribution >= 0.6 is 0 Å². The maximum absolute atomic E-state index is 8.69. The number of aliphatic hydroxyl groups is 2. The van der Waals surface area contributed by atoms with Gasteiger partial charge in [-0.2, -0.15) is 0 Å². The Hall–Kier alpha value is -0.160. The van der Waals surface area contributed by atoms with Crippen molar-refractivity contribution >= 4 is 0 Å². The molecule has 0 aliphatic rings. The van der Waals surface area contributed by atoms with Gasteiger partial charge >= 0.3 is 0 Å². The lowest BCUT2D eigenvalue weighted by atomic mass is 10.2. The topological polar surface area (TPSA) is 58.9 Å². The minimum absolute atomic E-state index is 0.106. The zero-order valence-electron chi connectivity index (χ0n) is 13.4. The molecule has 122 valence electrons. The molecule has 0 rings (SSSR count). The smallest absolute Gasteiger partial charge is 0.159 e. The lowest BCUT2D eigenvalue weighted by Crippen LogP contribution is -2.24. The molecule has 2 N–H and O–H groups in total. The van der Waals surface area contributed by atoms with E-state index in [1.807, 2.05) is 0 Å². The summed E-state index contributed by atoms with van der Waals surface area (Å²) in [5.41, 5.74) is 0. The first-order valence-electron chi connectivity index (χ1n) is 8.17. The van der Waals surface area contributed by atoms with Gasteiger partial charge in [0, 0.05) is 32.3 Å². The van der Waals surface area contributed by atoms with Crippen molar-refractivity contribution in [3.05, 3.63) is 0 Å². The fourth-order valence-corrected chi connectivity index (χ4v) is 1.97. The summed E-state index contributed by atoms with van der Waals surface area (Å²) in [7, 11) is 0. The van der Waals surface area contributed by atoms with Crippen molar-refractivity contribution in [1.82, 2.24) is 0 Å². The highest BCUT2D eigenvalue weighted by atomic mass is 16.7. The van der Waals surface area contributed by atoms with Crippen LogP contribution in [0.1, 0.15) is 65.2 Å². The largest absolute Gasteiger partial charge is 0.396 e. The van der Waals surface area contributed by atoms with Crippen LogP contribution in [0.3, 0.4) is 0 Å². The molecule has 0 heterocycles. The molecule has 0 bridgehead atoms. The predicted molar refractivity (Wildman–Crippen MR) is 81.6 cm³/mol. The molecule has 0 unspecified atom stereocenters. The second kappa shape index (κ2) is 15.2. The van der Waals surface area contributed by atoms with Crippen LogP contribution in [-0.4, -0.2) is 42.9 Å². The Morgan fingerprint density at radius 1 is 0.650 bits per heavy atom. The van der Waals surface area contributed by atoms with E-state index in [-0.39, 0.29) is 19.5 Å². The molecule has 0 radical (unpaired) electrons. The van der Waals surface area contributed by atoms with Gasteiger partial charge in [0.25, 0.3) is 0 Å². The van der Waals surface area contributed by atoms with E-state index in [1.54, 1.807) is 0 Å². The third-order valence-electron chi connectivity index (χ3n) is 3.21. The summed E-state index contributed by atoms with van der Waals surface area (Å²) in [5.74, 6) is 0.366. The summed E-state index contributed by atoms with van der Waals surface area (Å²) in [5, 5.41) is 17.4. The average Bonchev–Trinajstić information content (AvgIpc) is 2.43. The highest BCUT2D eigenvalue weighted by Crippen LogP contribution is 2.11. The minimum atomic E-state index is -0.106. The van der Waals surface area contributed by atoms with Crippen LogP contribution in [0.5, 0.6) is 0 Å². The highest BCUT2D eigenvalue weighted by molar-refractivity contribution is 4.52. The molecule has 4 heteroatoms. The van der Waals surface area contributed by atoms with Crippen molar-refractivity contribution in [1.29, 1.82) is 0 Å². The SMILES string of the molecule is CC(C)C(OCCCCCCO)OCCCCCCO. The normalized spacial score (nSPS) is 11.7. The van der Waals surface area contributed by atoms with Gasteiger partial charge < -0.3 is 19.7 Å². The Kier molecular flexibility index (Phi) is 15.1. The van der Waals surface area contributed by atoms with Crippen LogP contribution in [0.25, 0.3) is 0 Å².